The average Bonchev–Trinajstić information content (AvgIpc) is 2.91. The first-order valence-electron chi connectivity index (χ1n) is 7.26. The molecule has 0 radical (unpaired) electrons. The number of anilines is 1. The largest absolute Gasteiger partial charge is 0.325 e. The number of hydrogen-bond acceptors (Lipinski definition) is 6. The minimum atomic E-state index is -0.307. The van der Waals surface area contributed by atoms with Gasteiger partial charge in [-0.25, -0.2) is 0 Å². The molecule has 9 heteroatoms. The minimum Gasteiger partial charge on any atom is -0.325 e. The molecule has 2 heterocycles. The van der Waals surface area contributed by atoms with Crippen LogP contribution in [-0.4, -0.2) is 36.5 Å². The van der Waals surface area contributed by atoms with Crippen molar-refractivity contribution in [1.29, 1.82) is 0 Å². The third-order valence-electron chi connectivity index (χ3n) is 3.54. The molecular weight excluding hydrogens is 328 g/mol. The topological polar surface area (TPSA) is 105 Å². The number of nitrogens with one attached hydrogen (secondary N) is 2. The summed E-state index contributed by atoms with van der Waals surface area (Å²) in [6.45, 7) is 5.61. The highest BCUT2D eigenvalue weighted by Crippen LogP contribution is 2.17. The number of carbonyl (C=O) groups excluding carboxylic acids is 1. The molecule has 3 rings (SSSR count). The first-order valence-corrected chi connectivity index (χ1v) is 8.25. The highest BCUT2D eigenvalue weighted by molar-refractivity contribution is 7.99. The Hall–Kier alpha value is -2.68. The van der Waals surface area contributed by atoms with E-state index >= 15 is 0 Å². The van der Waals surface area contributed by atoms with E-state index in [1.807, 2.05) is 32.0 Å². The van der Waals surface area contributed by atoms with Gasteiger partial charge in [0, 0.05) is 5.69 Å². The molecule has 1 aromatic carbocycles. The van der Waals surface area contributed by atoms with E-state index in [1.54, 1.807) is 6.92 Å². The van der Waals surface area contributed by atoms with Crippen LogP contribution in [0.3, 0.4) is 0 Å². The molecule has 24 heavy (non-hydrogen) atoms. The Kier molecular flexibility index (Phi) is 4.34. The van der Waals surface area contributed by atoms with E-state index in [4.69, 9.17) is 0 Å². The molecule has 0 spiro atoms. The molecule has 0 atom stereocenters. The fourth-order valence-corrected chi connectivity index (χ4v) is 2.74. The van der Waals surface area contributed by atoms with E-state index in [2.05, 4.69) is 25.6 Å². The maximum absolute atomic E-state index is 12.1. The Labute approximate surface area is 141 Å². The number of aromatic nitrogens is 5. The van der Waals surface area contributed by atoms with Crippen LogP contribution in [0.4, 0.5) is 5.69 Å². The molecule has 2 aromatic heterocycles. The van der Waals surface area contributed by atoms with E-state index in [-0.39, 0.29) is 23.0 Å². The van der Waals surface area contributed by atoms with Gasteiger partial charge in [0.25, 0.3) is 11.3 Å². The summed E-state index contributed by atoms with van der Waals surface area (Å²) in [7, 11) is 0. The molecule has 124 valence electrons. The van der Waals surface area contributed by atoms with Gasteiger partial charge in [-0.2, -0.15) is 9.61 Å². The molecule has 2 N–H and O–H groups in total. The van der Waals surface area contributed by atoms with E-state index in [1.165, 1.54) is 21.8 Å². The zero-order valence-corrected chi connectivity index (χ0v) is 14.3. The highest BCUT2D eigenvalue weighted by Gasteiger charge is 2.12. The number of aryl methyl sites for hydroxylation is 3. The maximum Gasteiger partial charge on any atom is 0.273 e. The number of rotatable bonds is 4. The van der Waals surface area contributed by atoms with E-state index in [0.29, 0.717) is 10.9 Å². The number of hydrogen-bond donors (Lipinski definition) is 2. The Morgan fingerprint density at radius 1 is 1.25 bits per heavy atom. The Morgan fingerprint density at radius 3 is 2.79 bits per heavy atom. The predicted molar refractivity (Wildman–Crippen MR) is 91.4 cm³/mol. The van der Waals surface area contributed by atoms with Crippen molar-refractivity contribution in [3.05, 3.63) is 45.4 Å². The third kappa shape index (κ3) is 3.30. The summed E-state index contributed by atoms with van der Waals surface area (Å²) < 4.78 is 1.42. The lowest BCUT2D eigenvalue weighted by molar-refractivity contribution is -0.113. The van der Waals surface area contributed by atoms with Gasteiger partial charge in [0.1, 0.15) is 5.69 Å². The zero-order chi connectivity index (χ0) is 17.3. The standard InChI is InChI=1S/C15H16N6O2S/c1-8-4-5-11(6-9(8)2)16-12(22)7-24-15-19-18-14-17-13(23)10(3)20-21(14)15/h4-6H,7H2,1-3H3,(H,16,22)(H,17,18,23). The van der Waals surface area contributed by atoms with Crippen molar-refractivity contribution < 1.29 is 4.79 Å². The van der Waals surface area contributed by atoms with Crippen molar-refractivity contribution in [2.45, 2.75) is 25.9 Å². The molecule has 0 aliphatic heterocycles. The number of fused-ring (bicyclic) bond motifs is 1. The minimum absolute atomic E-state index is 0.152. The van der Waals surface area contributed by atoms with E-state index in [0.717, 1.165) is 11.3 Å². The smallest absolute Gasteiger partial charge is 0.273 e. The van der Waals surface area contributed by atoms with Crippen LogP contribution in [0.2, 0.25) is 0 Å². The lowest BCUT2D eigenvalue weighted by atomic mass is 10.1. The van der Waals surface area contributed by atoms with Crippen molar-refractivity contribution in [2.24, 2.45) is 0 Å². The van der Waals surface area contributed by atoms with Crippen LogP contribution in [0.25, 0.3) is 5.78 Å². The predicted octanol–water partition coefficient (Wildman–Crippen LogP) is 1.47. The number of benzene rings is 1. The fraction of sp³-hybridized carbons (Fsp3) is 0.267. The lowest BCUT2D eigenvalue weighted by Crippen LogP contribution is -2.16. The molecule has 0 bridgehead atoms. The van der Waals surface area contributed by atoms with Gasteiger partial charge in [-0.3, -0.25) is 14.6 Å². The number of amides is 1. The van der Waals surface area contributed by atoms with Gasteiger partial charge < -0.3 is 5.32 Å². The number of aromatic amines is 1. The maximum atomic E-state index is 12.1. The van der Waals surface area contributed by atoms with Crippen molar-refractivity contribution in [2.75, 3.05) is 11.1 Å². The molecule has 3 aromatic rings. The molecule has 0 fully saturated rings. The van der Waals surface area contributed by atoms with Gasteiger partial charge in [0.05, 0.1) is 5.75 Å². The molecule has 0 unspecified atom stereocenters. The number of H-pyrrole nitrogens is 1. The zero-order valence-electron chi connectivity index (χ0n) is 13.5. The molecule has 0 aliphatic rings. The van der Waals surface area contributed by atoms with Crippen LogP contribution in [-0.2, 0) is 4.79 Å². The molecule has 0 aliphatic carbocycles. The molecule has 8 nitrogen and oxygen atoms in total. The Balaban J connectivity index is 1.69. The summed E-state index contributed by atoms with van der Waals surface area (Å²) in [5.41, 5.74) is 3.05. The molecule has 1 amide bonds. The van der Waals surface area contributed by atoms with Crippen LogP contribution in [0.5, 0.6) is 0 Å². The number of carbonyl (C=O) groups is 1. The van der Waals surface area contributed by atoms with Crippen molar-refractivity contribution >= 4 is 29.1 Å². The SMILES string of the molecule is Cc1ccc(NC(=O)CSc2nnc3[nH]c(=O)c(C)nn23)cc1C. The second-order valence-electron chi connectivity index (χ2n) is 5.39. The fourth-order valence-electron chi connectivity index (χ4n) is 2.06. The van der Waals surface area contributed by atoms with Gasteiger partial charge >= 0.3 is 0 Å². The summed E-state index contributed by atoms with van der Waals surface area (Å²) in [6, 6.07) is 5.76. The van der Waals surface area contributed by atoms with Crippen LogP contribution in [0.1, 0.15) is 16.8 Å². The van der Waals surface area contributed by atoms with Crippen molar-refractivity contribution in [1.82, 2.24) is 24.8 Å². The molecule has 0 saturated carbocycles. The summed E-state index contributed by atoms with van der Waals surface area (Å²) in [5, 5.41) is 15.2. The van der Waals surface area contributed by atoms with Gasteiger partial charge in [0.15, 0.2) is 0 Å². The Bertz CT molecular complexity index is 978. The summed E-state index contributed by atoms with van der Waals surface area (Å²) in [4.78, 5) is 26.2. The van der Waals surface area contributed by atoms with Crippen molar-refractivity contribution in [3.63, 3.8) is 0 Å². The number of thioether (sulfide) groups is 1. The summed E-state index contributed by atoms with van der Waals surface area (Å²) in [6.07, 6.45) is 0. The average molecular weight is 344 g/mol. The van der Waals surface area contributed by atoms with E-state index < -0.39 is 0 Å². The Morgan fingerprint density at radius 2 is 2.04 bits per heavy atom. The van der Waals surface area contributed by atoms with Crippen LogP contribution >= 0.6 is 11.8 Å². The van der Waals surface area contributed by atoms with Gasteiger partial charge in [-0.1, -0.05) is 17.8 Å². The number of nitrogens with zero attached hydrogens (tertiary/aromatic N) is 4. The van der Waals surface area contributed by atoms with E-state index in [9.17, 15) is 9.59 Å². The lowest BCUT2D eigenvalue weighted by Gasteiger charge is -2.07. The first-order chi connectivity index (χ1) is 11.4. The molecule has 0 saturated heterocycles. The summed E-state index contributed by atoms with van der Waals surface area (Å²) >= 11 is 1.20. The second-order valence-corrected chi connectivity index (χ2v) is 6.34. The molecular formula is C15H16N6O2S. The monoisotopic (exact) mass is 344 g/mol. The highest BCUT2D eigenvalue weighted by atomic mass is 32.2. The van der Waals surface area contributed by atoms with Gasteiger partial charge in [-0.15, -0.1) is 10.2 Å². The van der Waals surface area contributed by atoms with Gasteiger partial charge in [-0.05, 0) is 44.0 Å². The first kappa shape index (κ1) is 16.2. The normalized spacial score (nSPS) is 11.0. The van der Waals surface area contributed by atoms with Gasteiger partial charge in [0.2, 0.25) is 11.1 Å². The quantitative estimate of drug-likeness (QED) is 0.694. The van der Waals surface area contributed by atoms with Crippen molar-refractivity contribution in [3.8, 4) is 0 Å². The second kappa shape index (κ2) is 6.44. The van der Waals surface area contributed by atoms with Crippen LogP contribution in [0.15, 0.2) is 28.2 Å². The van der Waals surface area contributed by atoms with Crippen LogP contribution < -0.4 is 10.9 Å². The summed E-state index contributed by atoms with van der Waals surface area (Å²) in [5.74, 6) is 0.261. The third-order valence-corrected chi connectivity index (χ3v) is 4.46. The van der Waals surface area contributed by atoms with Crippen LogP contribution in [0, 0.1) is 20.8 Å².